The van der Waals surface area contributed by atoms with Gasteiger partial charge in [-0.15, -0.1) is 11.3 Å². The lowest BCUT2D eigenvalue weighted by atomic mass is 9.73. The molecule has 0 atom stereocenters. The minimum atomic E-state index is -0.844. The van der Waals surface area contributed by atoms with Gasteiger partial charge in [-0.1, -0.05) is 17.7 Å². The summed E-state index contributed by atoms with van der Waals surface area (Å²) in [6.07, 6.45) is 3.63. The van der Waals surface area contributed by atoms with Crippen LogP contribution < -0.4 is 20.4 Å². The molecule has 1 spiro atoms. The number of ether oxygens (including phenoxy) is 1. The van der Waals surface area contributed by atoms with Crippen molar-refractivity contribution >= 4 is 63.5 Å². The van der Waals surface area contributed by atoms with Gasteiger partial charge in [-0.3, -0.25) is 19.4 Å². The summed E-state index contributed by atoms with van der Waals surface area (Å²) in [5.41, 5.74) is 3.16. The number of fused-ring (bicyclic) bond motifs is 3. The van der Waals surface area contributed by atoms with E-state index in [0.717, 1.165) is 62.2 Å². The smallest absolute Gasteiger partial charge is 0.268 e. The van der Waals surface area contributed by atoms with Crippen LogP contribution in [-0.2, 0) is 11.2 Å². The first kappa shape index (κ1) is 34.8. The molecule has 3 aliphatic rings. The number of pyridine rings is 2. The summed E-state index contributed by atoms with van der Waals surface area (Å²) in [7, 11) is 0. The monoisotopic (exact) mass is 754 g/mol. The van der Waals surface area contributed by atoms with Crippen LogP contribution in [0, 0.1) is 24.0 Å². The van der Waals surface area contributed by atoms with E-state index < -0.39 is 17.5 Å². The topological polar surface area (TPSA) is 117 Å². The average molecular weight is 755 g/mol. The molecule has 0 unspecified atom stereocenters. The molecular weight excluding hydrogens is 722 g/mol. The maximum atomic E-state index is 15.9. The molecule has 0 radical (unpaired) electrons. The summed E-state index contributed by atoms with van der Waals surface area (Å²) >= 11 is 6.96. The highest BCUT2D eigenvalue weighted by molar-refractivity contribution is 7.17. The van der Waals surface area contributed by atoms with Crippen molar-refractivity contribution in [3.8, 4) is 10.6 Å². The fourth-order valence-corrected chi connectivity index (χ4v) is 8.52. The van der Waals surface area contributed by atoms with Gasteiger partial charge in [0.05, 0.1) is 26.8 Å². The van der Waals surface area contributed by atoms with Gasteiger partial charge in [0.1, 0.15) is 22.2 Å². The van der Waals surface area contributed by atoms with Crippen molar-refractivity contribution in [1.29, 1.82) is 0 Å². The number of aryl methyl sites for hydroxylation is 1. The van der Waals surface area contributed by atoms with Gasteiger partial charge in [-0.05, 0) is 86.8 Å². The van der Waals surface area contributed by atoms with E-state index >= 15 is 4.39 Å². The Kier molecular flexibility index (Phi) is 9.17. The minimum Gasteiger partial charge on any atom is -0.381 e. The number of nitrogens with one attached hydrogen (secondary N) is 2. The predicted octanol–water partition coefficient (Wildman–Crippen LogP) is 7.77. The SMILES string of the molecule is Cc1ccc(C(=O)Nc2ccc(C(=O)N3CCc4c(sc(C(=O)Nc5c(F)cccc5Cl)c4F)-c4ncccc43)cc2)c(N2CC3(CCOCC3)C2)n1. The number of carbonyl (C=O) groups is 3. The van der Waals surface area contributed by atoms with Crippen LogP contribution >= 0.6 is 22.9 Å². The van der Waals surface area contributed by atoms with Crippen molar-refractivity contribution < 1.29 is 27.9 Å². The minimum absolute atomic E-state index is 0.0167. The third kappa shape index (κ3) is 6.53. The Bertz CT molecular complexity index is 2250. The Balaban J connectivity index is 0.989. The van der Waals surface area contributed by atoms with E-state index in [4.69, 9.17) is 21.3 Å². The van der Waals surface area contributed by atoms with Gasteiger partial charge < -0.3 is 25.2 Å². The molecule has 270 valence electrons. The fourth-order valence-electron chi connectivity index (χ4n) is 7.18. The standard InChI is InChI=1S/C39H33ClF2N6O4S/c1-22-7-12-26(35(44-22)47-20-39(21-47)14-18-52-19-15-39)36(49)45-24-10-8-23(9-11-24)38(51)48-17-13-25-30(42)34(53-33(25)32-29(48)6-3-16-43-32)37(50)46-31-27(40)4-2-5-28(31)41/h2-12,16H,13-15,17-21H2,1H3,(H,45,49)(H,46,50). The third-order valence-corrected chi connectivity index (χ3v) is 11.6. The number of aromatic nitrogens is 2. The van der Waals surface area contributed by atoms with Crippen molar-refractivity contribution in [2.45, 2.75) is 26.2 Å². The molecule has 2 saturated heterocycles. The Morgan fingerprint density at radius 2 is 1.72 bits per heavy atom. The molecule has 0 saturated carbocycles. The molecule has 14 heteroatoms. The molecule has 3 aromatic heterocycles. The second kappa shape index (κ2) is 14.0. The Morgan fingerprint density at radius 3 is 2.47 bits per heavy atom. The third-order valence-electron chi connectivity index (χ3n) is 10.0. The number of thiophene rings is 1. The van der Waals surface area contributed by atoms with Gasteiger partial charge in [-0.2, -0.15) is 0 Å². The Labute approximate surface area is 312 Å². The lowest BCUT2D eigenvalue weighted by molar-refractivity contribution is -0.000519. The van der Waals surface area contributed by atoms with Crippen LogP contribution in [0.15, 0.2) is 72.9 Å². The maximum absolute atomic E-state index is 15.9. The number of hydrogen-bond acceptors (Lipinski definition) is 8. The second-order valence-electron chi connectivity index (χ2n) is 13.5. The molecule has 0 aliphatic carbocycles. The van der Waals surface area contributed by atoms with Crippen molar-refractivity contribution in [1.82, 2.24) is 9.97 Å². The first-order valence-corrected chi connectivity index (χ1v) is 18.4. The van der Waals surface area contributed by atoms with E-state index in [-0.39, 0.29) is 51.3 Å². The molecule has 6 heterocycles. The number of amides is 3. The van der Waals surface area contributed by atoms with Crippen LogP contribution in [-0.4, -0.2) is 60.5 Å². The number of benzene rings is 2. The number of hydrogen-bond donors (Lipinski definition) is 2. The van der Waals surface area contributed by atoms with Crippen molar-refractivity contribution in [2.24, 2.45) is 5.41 Å². The Hall–Kier alpha value is -5.24. The zero-order chi connectivity index (χ0) is 36.9. The molecule has 10 nitrogen and oxygen atoms in total. The van der Waals surface area contributed by atoms with E-state index in [2.05, 4.69) is 20.5 Å². The highest BCUT2D eigenvalue weighted by atomic mass is 35.5. The highest BCUT2D eigenvalue weighted by Gasteiger charge is 2.45. The van der Waals surface area contributed by atoms with Crippen LogP contribution in [0.1, 0.15) is 54.5 Å². The molecule has 8 rings (SSSR count). The van der Waals surface area contributed by atoms with Crippen LogP contribution in [0.2, 0.25) is 5.02 Å². The lowest BCUT2D eigenvalue weighted by Gasteiger charge is -2.53. The Morgan fingerprint density at radius 1 is 0.943 bits per heavy atom. The van der Waals surface area contributed by atoms with Gasteiger partial charge in [0.2, 0.25) is 0 Å². The summed E-state index contributed by atoms with van der Waals surface area (Å²) in [5, 5.41) is 5.32. The number of anilines is 4. The molecule has 2 fully saturated rings. The second-order valence-corrected chi connectivity index (χ2v) is 14.9. The summed E-state index contributed by atoms with van der Waals surface area (Å²) in [4.78, 5) is 53.7. The van der Waals surface area contributed by atoms with Gasteiger partial charge in [-0.25, -0.2) is 13.8 Å². The predicted molar refractivity (Wildman–Crippen MR) is 200 cm³/mol. The van der Waals surface area contributed by atoms with Crippen molar-refractivity contribution in [3.63, 3.8) is 0 Å². The zero-order valence-corrected chi connectivity index (χ0v) is 30.1. The lowest BCUT2D eigenvalue weighted by Crippen LogP contribution is -2.59. The summed E-state index contributed by atoms with van der Waals surface area (Å²) in [6.45, 7) is 5.19. The molecule has 53 heavy (non-hydrogen) atoms. The van der Waals surface area contributed by atoms with Crippen molar-refractivity contribution in [3.05, 3.63) is 117 Å². The van der Waals surface area contributed by atoms with Gasteiger partial charge in [0, 0.05) is 67.0 Å². The van der Waals surface area contributed by atoms with Crippen LogP contribution in [0.4, 0.5) is 31.7 Å². The van der Waals surface area contributed by atoms with E-state index in [1.807, 2.05) is 13.0 Å². The van der Waals surface area contributed by atoms with E-state index in [0.29, 0.717) is 38.9 Å². The molecule has 0 bridgehead atoms. The number of rotatable bonds is 6. The quantitative estimate of drug-likeness (QED) is 0.182. The van der Waals surface area contributed by atoms with Gasteiger partial charge in [0.25, 0.3) is 17.7 Å². The van der Waals surface area contributed by atoms with E-state index in [1.54, 1.807) is 42.5 Å². The first-order valence-electron chi connectivity index (χ1n) is 17.2. The van der Waals surface area contributed by atoms with Crippen LogP contribution in [0.25, 0.3) is 10.6 Å². The van der Waals surface area contributed by atoms with Gasteiger partial charge in [0.15, 0.2) is 5.82 Å². The molecule has 2 N–H and O–H groups in total. The summed E-state index contributed by atoms with van der Waals surface area (Å²) in [6, 6.07) is 17.6. The van der Waals surface area contributed by atoms with Crippen molar-refractivity contribution in [2.75, 3.05) is 53.3 Å². The maximum Gasteiger partial charge on any atom is 0.268 e. The zero-order valence-electron chi connectivity index (χ0n) is 28.5. The largest absolute Gasteiger partial charge is 0.381 e. The van der Waals surface area contributed by atoms with E-state index in [1.165, 1.54) is 23.2 Å². The van der Waals surface area contributed by atoms with Crippen LogP contribution in [0.3, 0.4) is 0 Å². The summed E-state index contributed by atoms with van der Waals surface area (Å²) < 4.78 is 35.8. The number of nitrogens with zero attached hydrogens (tertiary/aromatic N) is 4. The molecule has 3 amide bonds. The summed E-state index contributed by atoms with van der Waals surface area (Å²) in [5.74, 6) is -2.33. The molecule has 5 aromatic rings. The number of carbonyl (C=O) groups excluding carboxylic acids is 3. The molecule has 2 aromatic carbocycles. The molecule has 3 aliphatic heterocycles. The average Bonchev–Trinajstić information content (AvgIpc) is 3.38. The van der Waals surface area contributed by atoms with Gasteiger partial charge >= 0.3 is 0 Å². The van der Waals surface area contributed by atoms with E-state index in [9.17, 15) is 18.8 Å². The number of para-hydroxylation sites is 1. The fraction of sp³-hybridized carbons (Fsp3) is 0.256. The van der Waals surface area contributed by atoms with Crippen LogP contribution in [0.5, 0.6) is 0 Å². The normalized spacial score (nSPS) is 15.9. The first-order chi connectivity index (χ1) is 25.6. The number of halogens is 3. The molecular formula is C39H33ClF2N6O4S. The highest BCUT2D eigenvalue weighted by Crippen LogP contribution is 2.44.